The molecule has 4 heteroatoms. The van der Waals surface area contributed by atoms with E-state index < -0.39 is 17.7 Å². The van der Waals surface area contributed by atoms with Gasteiger partial charge in [-0.05, 0) is 12.8 Å². The van der Waals surface area contributed by atoms with Crippen molar-refractivity contribution in [1.29, 1.82) is 0 Å². The lowest BCUT2D eigenvalue weighted by molar-refractivity contribution is -0.204. The Hall–Kier alpha value is -0.450. The van der Waals surface area contributed by atoms with Crippen LogP contribution in [-0.4, -0.2) is 34.5 Å². The monoisotopic (exact) mass is 186 g/mol. The molecule has 0 radical (unpaired) electrons. The number of Topliss-reactive ketones (excluding diaryl/α,β-unsaturated/α-hetero) is 1. The van der Waals surface area contributed by atoms with E-state index in [9.17, 15) is 9.90 Å². The molecule has 1 heterocycles. The maximum absolute atomic E-state index is 11.4. The van der Waals surface area contributed by atoms with Gasteiger partial charge in [0.05, 0.1) is 6.61 Å². The fraction of sp³-hybridized carbons (Fsp3) is 0.889. The molecule has 0 bridgehead atoms. The fourth-order valence-corrected chi connectivity index (χ4v) is 2.23. The van der Waals surface area contributed by atoms with Gasteiger partial charge < -0.3 is 14.9 Å². The molecule has 0 aromatic heterocycles. The van der Waals surface area contributed by atoms with Crippen molar-refractivity contribution in [2.45, 2.75) is 37.6 Å². The topological polar surface area (TPSA) is 66.8 Å². The van der Waals surface area contributed by atoms with Gasteiger partial charge in [-0.25, -0.2) is 0 Å². The van der Waals surface area contributed by atoms with Gasteiger partial charge in [0.15, 0.2) is 0 Å². The molecule has 2 unspecified atom stereocenters. The minimum atomic E-state index is -1.68. The Labute approximate surface area is 76.5 Å². The Balaban J connectivity index is 2.15. The molecule has 13 heavy (non-hydrogen) atoms. The predicted octanol–water partition coefficient (Wildman–Crippen LogP) is -0.175. The number of hydrogen-bond donors (Lipinski definition) is 2. The molecule has 74 valence electrons. The first-order chi connectivity index (χ1) is 6.14. The molecule has 0 aromatic carbocycles. The highest BCUT2D eigenvalue weighted by Gasteiger charge is 2.53. The molecular weight excluding hydrogens is 172 g/mol. The van der Waals surface area contributed by atoms with Gasteiger partial charge in [0, 0.05) is 5.92 Å². The van der Waals surface area contributed by atoms with E-state index in [1.165, 1.54) is 0 Å². The molecule has 0 amide bonds. The van der Waals surface area contributed by atoms with Gasteiger partial charge in [0.1, 0.15) is 6.10 Å². The van der Waals surface area contributed by atoms with Gasteiger partial charge >= 0.3 is 0 Å². The average molecular weight is 186 g/mol. The standard InChI is InChI=1S/C9H14O4/c10-7-5-13-9(12,8(7)11)6-3-1-2-4-6/h6-7,10,12H,1-5H2. The molecule has 4 nitrogen and oxygen atoms in total. The highest BCUT2D eigenvalue weighted by atomic mass is 16.6. The van der Waals surface area contributed by atoms with Crippen molar-refractivity contribution in [1.82, 2.24) is 0 Å². The minimum Gasteiger partial charge on any atom is -0.383 e. The van der Waals surface area contributed by atoms with E-state index in [2.05, 4.69) is 0 Å². The molecule has 2 rings (SSSR count). The van der Waals surface area contributed by atoms with Crippen LogP contribution in [0.25, 0.3) is 0 Å². The Morgan fingerprint density at radius 1 is 1.38 bits per heavy atom. The van der Waals surface area contributed by atoms with E-state index in [1.54, 1.807) is 0 Å². The normalized spacial score (nSPS) is 41.7. The first kappa shape index (κ1) is 9.12. The number of carbonyl (C=O) groups excluding carboxylic acids is 1. The summed E-state index contributed by atoms with van der Waals surface area (Å²) in [4.78, 5) is 11.4. The Morgan fingerprint density at radius 3 is 2.46 bits per heavy atom. The van der Waals surface area contributed by atoms with Gasteiger partial charge in [-0.3, -0.25) is 4.79 Å². The van der Waals surface area contributed by atoms with E-state index in [0.29, 0.717) is 0 Å². The van der Waals surface area contributed by atoms with Crippen LogP contribution in [0.4, 0.5) is 0 Å². The van der Waals surface area contributed by atoms with Crippen molar-refractivity contribution in [2.24, 2.45) is 5.92 Å². The lowest BCUT2D eigenvalue weighted by Crippen LogP contribution is -2.44. The molecule has 1 saturated carbocycles. The van der Waals surface area contributed by atoms with E-state index in [-0.39, 0.29) is 12.5 Å². The molecule has 2 N–H and O–H groups in total. The van der Waals surface area contributed by atoms with Crippen molar-refractivity contribution in [2.75, 3.05) is 6.61 Å². The quantitative estimate of drug-likeness (QED) is 0.596. The lowest BCUT2D eigenvalue weighted by atomic mass is 9.93. The van der Waals surface area contributed by atoms with Crippen LogP contribution in [0.15, 0.2) is 0 Å². The number of rotatable bonds is 1. The molecule has 1 saturated heterocycles. The van der Waals surface area contributed by atoms with Gasteiger partial charge in [0.25, 0.3) is 0 Å². The summed E-state index contributed by atoms with van der Waals surface area (Å²) in [6.07, 6.45) is 2.55. The predicted molar refractivity (Wildman–Crippen MR) is 43.9 cm³/mol. The third-order valence-electron chi connectivity index (χ3n) is 3.03. The van der Waals surface area contributed by atoms with E-state index >= 15 is 0 Å². The second-order valence-corrected chi connectivity index (χ2v) is 3.87. The Bertz CT molecular complexity index is 222. The highest BCUT2D eigenvalue weighted by Crippen LogP contribution is 2.38. The summed E-state index contributed by atoms with van der Waals surface area (Å²) in [6.45, 7) is -0.0637. The summed E-state index contributed by atoms with van der Waals surface area (Å²) >= 11 is 0. The molecule has 2 aliphatic rings. The molecule has 1 aliphatic carbocycles. The van der Waals surface area contributed by atoms with Crippen molar-refractivity contribution in [3.05, 3.63) is 0 Å². The number of carbonyl (C=O) groups is 1. The number of hydrogen-bond acceptors (Lipinski definition) is 4. The van der Waals surface area contributed by atoms with E-state index in [4.69, 9.17) is 9.84 Å². The molecular formula is C9H14O4. The molecule has 1 aliphatic heterocycles. The maximum atomic E-state index is 11.4. The number of aliphatic hydroxyl groups is 2. The molecule has 2 fully saturated rings. The van der Waals surface area contributed by atoms with Crippen molar-refractivity contribution >= 4 is 5.78 Å². The van der Waals surface area contributed by atoms with Crippen molar-refractivity contribution in [3.63, 3.8) is 0 Å². The summed E-state index contributed by atoms with van der Waals surface area (Å²) in [5.74, 6) is -2.35. The van der Waals surface area contributed by atoms with Gasteiger partial charge in [-0.2, -0.15) is 0 Å². The minimum absolute atomic E-state index is 0.0637. The summed E-state index contributed by atoms with van der Waals surface area (Å²) in [5, 5.41) is 19.1. The fourth-order valence-electron chi connectivity index (χ4n) is 2.23. The first-order valence-electron chi connectivity index (χ1n) is 4.73. The maximum Gasteiger partial charge on any atom is 0.232 e. The van der Waals surface area contributed by atoms with E-state index in [1.807, 2.05) is 0 Å². The zero-order chi connectivity index (χ0) is 9.47. The Morgan fingerprint density at radius 2 is 2.00 bits per heavy atom. The van der Waals surface area contributed by atoms with Crippen molar-refractivity contribution < 1.29 is 19.7 Å². The number of aliphatic hydroxyl groups excluding tert-OH is 1. The zero-order valence-electron chi connectivity index (χ0n) is 7.40. The zero-order valence-corrected chi connectivity index (χ0v) is 7.40. The SMILES string of the molecule is O=C1C(O)COC1(O)C1CCCC1. The molecule has 0 aromatic rings. The summed E-state index contributed by atoms with van der Waals surface area (Å²) < 4.78 is 5.00. The first-order valence-corrected chi connectivity index (χ1v) is 4.73. The van der Waals surface area contributed by atoms with Crippen LogP contribution in [-0.2, 0) is 9.53 Å². The molecule has 2 atom stereocenters. The third kappa shape index (κ3) is 1.29. The van der Waals surface area contributed by atoms with Crippen LogP contribution in [0.2, 0.25) is 0 Å². The van der Waals surface area contributed by atoms with Crippen LogP contribution < -0.4 is 0 Å². The van der Waals surface area contributed by atoms with Gasteiger partial charge in [-0.15, -0.1) is 0 Å². The van der Waals surface area contributed by atoms with Crippen LogP contribution in [0, 0.1) is 5.92 Å². The van der Waals surface area contributed by atoms with Gasteiger partial charge in [0.2, 0.25) is 11.6 Å². The van der Waals surface area contributed by atoms with Crippen LogP contribution in [0.3, 0.4) is 0 Å². The van der Waals surface area contributed by atoms with E-state index in [0.717, 1.165) is 25.7 Å². The summed E-state index contributed by atoms with van der Waals surface area (Å²) in [6, 6.07) is 0. The average Bonchev–Trinajstić information content (AvgIpc) is 2.71. The van der Waals surface area contributed by atoms with Crippen LogP contribution >= 0.6 is 0 Å². The van der Waals surface area contributed by atoms with Crippen LogP contribution in [0.1, 0.15) is 25.7 Å². The Kier molecular flexibility index (Phi) is 2.14. The number of ketones is 1. The lowest BCUT2D eigenvalue weighted by Gasteiger charge is -2.26. The number of ether oxygens (including phenoxy) is 1. The third-order valence-corrected chi connectivity index (χ3v) is 3.03. The summed E-state index contributed by atoms with van der Waals surface area (Å²) in [7, 11) is 0. The molecule has 0 spiro atoms. The highest BCUT2D eigenvalue weighted by molar-refractivity contribution is 5.91. The van der Waals surface area contributed by atoms with Gasteiger partial charge in [-0.1, -0.05) is 12.8 Å². The van der Waals surface area contributed by atoms with Crippen molar-refractivity contribution in [3.8, 4) is 0 Å². The second-order valence-electron chi connectivity index (χ2n) is 3.87. The largest absolute Gasteiger partial charge is 0.383 e. The van der Waals surface area contributed by atoms with Crippen LogP contribution in [0.5, 0.6) is 0 Å². The second kappa shape index (κ2) is 3.04. The summed E-state index contributed by atoms with van der Waals surface area (Å²) in [5.41, 5.74) is 0. The smallest absolute Gasteiger partial charge is 0.232 e.